The van der Waals surface area contributed by atoms with Crippen LogP contribution in [0.25, 0.3) is 0 Å². The molecule has 0 aliphatic rings. The number of hydrogen-bond donors (Lipinski definition) is 1. The molecule has 0 heterocycles. The van der Waals surface area contributed by atoms with Crippen LogP contribution in [0.2, 0.25) is 0 Å². The van der Waals surface area contributed by atoms with E-state index in [0.29, 0.717) is 11.3 Å². The van der Waals surface area contributed by atoms with E-state index < -0.39 is 10.8 Å². The van der Waals surface area contributed by atoms with Crippen LogP contribution in [-0.4, -0.2) is 28.5 Å². The molecule has 5 heteroatoms. The molecule has 98 valence electrons. The Morgan fingerprint density at radius 2 is 2.28 bits per heavy atom. The Morgan fingerprint density at radius 1 is 1.56 bits per heavy atom. The highest BCUT2D eigenvalue weighted by molar-refractivity contribution is 7.98. The van der Waals surface area contributed by atoms with E-state index in [2.05, 4.69) is 11.4 Å². The number of nitrogens with one attached hydrogen (secondary N) is 1. The molecular formula is C13H18N2OS2. The summed E-state index contributed by atoms with van der Waals surface area (Å²) in [6.45, 7) is 2.04. The topological polar surface area (TPSA) is 52.9 Å². The zero-order valence-corrected chi connectivity index (χ0v) is 12.5. The Balaban J connectivity index is 2.78. The standard InChI is InChI=1S/C13H18N2OS2/c1-10(7-8-18(3)16)15-12-5-4-6-13(17-2)11(12)9-14/h4-6,10,15H,7-8H2,1-3H3. The van der Waals surface area contributed by atoms with E-state index >= 15 is 0 Å². The monoisotopic (exact) mass is 282 g/mol. The molecule has 0 bridgehead atoms. The number of hydrogen-bond acceptors (Lipinski definition) is 4. The summed E-state index contributed by atoms with van der Waals surface area (Å²) in [6.07, 6.45) is 4.50. The first-order valence-electron chi connectivity index (χ1n) is 5.72. The van der Waals surface area contributed by atoms with Crippen LogP contribution in [0.1, 0.15) is 18.9 Å². The maximum Gasteiger partial charge on any atom is 0.102 e. The summed E-state index contributed by atoms with van der Waals surface area (Å²) in [7, 11) is -0.766. The number of thioether (sulfide) groups is 1. The van der Waals surface area contributed by atoms with Crippen LogP contribution in [0, 0.1) is 11.3 Å². The predicted molar refractivity (Wildman–Crippen MR) is 79.6 cm³/mol. The van der Waals surface area contributed by atoms with E-state index in [-0.39, 0.29) is 6.04 Å². The van der Waals surface area contributed by atoms with Gasteiger partial charge in [-0.3, -0.25) is 4.21 Å². The molecule has 18 heavy (non-hydrogen) atoms. The minimum Gasteiger partial charge on any atom is -0.381 e. The highest BCUT2D eigenvalue weighted by atomic mass is 32.2. The van der Waals surface area contributed by atoms with Crippen LogP contribution in [-0.2, 0) is 10.8 Å². The predicted octanol–water partition coefficient (Wildman–Crippen LogP) is 2.85. The van der Waals surface area contributed by atoms with Crippen molar-refractivity contribution in [3.63, 3.8) is 0 Å². The van der Waals surface area contributed by atoms with E-state index in [1.165, 1.54) is 0 Å². The van der Waals surface area contributed by atoms with Crippen LogP contribution >= 0.6 is 11.8 Å². The summed E-state index contributed by atoms with van der Waals surface area (Å²) in [6, 6.07) is 8.25. The third-order valence-electron chi connectivity index (χ3n) is 2.60. The molecule has 1 N–H and O–H groups in total. The maximum absolute atomic E-state index is 11.1. The van der Waals surface area contributed by atoms with Crippen LogP contribution in [0.4, 0.5) is 5.69 Å². The van der Waals surface area contributed by atoms with Gasteiger partial charge in [0.1, 0.15) is 6.07 Å². The van der Waals surface area contributed by atoms with E-state index in [4.69, 9.17) is 0 Å². The van der Waals surface area contributed by atoms with E-state index in [1.54, 1.807) is 18.0 Å². The van der Waals surface area contributed by atoms with Gasteiger partial charge in [-0.05, 0) is 31.7 Å². The van der Waals surface area contributed by atoms with Crippen LogP contribution in [0.15, 0.2) is 23.1 Å². The number of nitrogens with zero attached hydrogens (tertiary/aromatic N) is 1. The summed E-state index contributed by atoms with van der Waals surface area (Å²) in [4.78, 5) is 0.980. The van der Waals surface area contributed by atoms with Crippen LogP contribution in [0.5, 0.6) is 0 Å². The molecule has 1 aromatic rings. The van der Waals surface area contributed by atoms with Gasteiger partial charge in [0.25, 0.3) is 0 Å². The van der Waals surface area contributed by atoms with Crippen LogP contribution < -0.4 is 5.32 Å². The Hall–Kier alpha value is -0.990. The van der Waals surface area contributed by atoms with E-state index in [0.717, 1.165) is 17.0 Å². The first-order valence-corrected chi connectivity index (χ1v) is 8.67. The normalized spacial score (nSPS) is 13.7. The van der Waals surface area contributed by atoms with E-state index in [1.807, 2.05) is 31.4 Å². The number of anilines is 1. The van der Waals surface area contributed by atoms with Gasteiger partial charge in [0.2, 0.25) is 0 Å². The van der Waals surface area contributed by atoms with Crippen molar-refractivity contribution in [3.8, 4) is 6.07 Å². The fraction of sp³-hybridized carbons (Fsp3) is 0.462. The number of rotatable bonds is 6. The Morgan fingerprint density at radius 3 is 2.83 bits per heavy atom. The molecule has 0 amide bonds. The molecule has 2 unspecified atom stereocenters. The third-order valence-corrected chi connectivity index (χ3v) is 4.19. The highest BCUT2D eigenvalue weighted by Gasteiger charge is 2.10. The second-order valence-electron chi connectivity index (χ2n) is 4.11. The smallest absolute Gasteiger partial charge is 0.102 e. The second-order valence-corrected chi connectivity index (χ2v) is 6.51. The van der Waals surface area contributed by atoms with Crippen molar-refractivity contribution in [1.29, 1.82) is 5.26 Å². The fourth-order valence-corrected chi connectivity index (χ4v) is 2.88. The van der Waals surface area contributed by atoms with Crippen molar-refractivity contribution in [2.75, 3.05) is 23.6 Å². The minimum absolute atomic E-state index is 0.207. The van der Waals surface area contributed by atoms with Gasteiger partial charge in [0.05, 0.1) is 11.3 Å². The SMILES string of the molecule is CSc1cccc(NC(C)CCS(C)=O)c1C#N. The molecule has 0 aliphatic heterocycles. The molecule has 0 saturated carbocycles. The molecule has 1 rings (SSSR count). The average Bonchev–Trinajstić information content (AvgIpc) is 2.36. The summed E-state index contributed by atoms with van der Waals surface area (Å²) in [5.74, 6) is 0.679. The summed E-state index contributed by atoms with van der Waals surface area (Å²) < 4.78 is 11.1. The van der Waals surface area contributed by atoms with Crippen molar-refractivity contribution in [2.24, 2.45) is 0 Å². The zero-order valence-electron chi connectivity index (χ0n) is 10.9. The lowest BCUT2D eigenvalue weighted by molar-refractivity contribution is 0.678. The molecule has 0 saturated heterocycles. The van der Waals surface area contributed by atoms with Gasteiger partial charge >= 0.3 is 0 Å². The zero-order chi connectivity index (χ0) is 13.5. The molecular weight excluding hydrogens is 264 g/mol. The molecule has 0 spiro atoms. The number of nitriles is 1. The Labute approximate surface area is 115 Å². The second kappa shape index (κ2) is 7.45. The number of benzene rings is 1. The molecule has 0 aliphatic carbocycles. The largest absolute Gasteiger partial charge is 0.381 e. The van der Waals surface area contributed by atoms with Crippen molar-refractivity contribution in [2.45, 2.75) is 24.3 Å². The van der Waals surface area contributed by atoms with Gasteiger partial charge in [-0.1, -0.05) is 6.07 Å². The van der Waals surface area contributed by atoms with Crippen LogP contribution in [0.3, 0.4) is 0 Å². The van der Waals surface area contributed by atoms with Crippen molar-refractivity contribution in [3.05, 3.63) is 23.8 Å². The lowest BCUT2D eigenvalue weighted by Gasteiger charge is -2.16. The third kappa shape index (κ3) is 4.35. The summed E-state index contributed by atoms with van der Waals surface area (Å²) in [5.41, 5.74) is 1.55. The lowest BCUT2D eigenvalue weighted by atomic mass is 10.1. The van der Waals surface area contributed by atoms with Gasteiger partial charge in [-0.15, -0.1) is 11.8 Å². The van der Waals surface area contributed by atoms with Gasteiger partial charge in [-0.2, -0.15) is 5.26 Å². The molecule has 0 radical (unpaired) electrons. The summed E-state index contributed by atoms with van der Waals surface area (Å²) >= 11 is 1.57. The molecule has 0 fully saturated rings. The molecule has 1 aromatic carbocycles. The van der Waals surface area contributed by atoms with Gasteiger partial charge < -0.3 is 5.32 Å². The lowest BCUT2D eigenvalue weighted by Crippen LogP contribution is -2.18. The highest BCUT2D eigenvalue weighted by Crippen LogP contribution is 2.26. The first kappa shape index (κ1) is 15.1. The van der Waals surface area contributed by atoms with E-state index in [9.17, 15) is 9.47 Å². The molecule has 2 atom stereocenters. The Bertz CT molecular complexity index is 469. The summed E-state index contributed by atoms with van der Waals surface area (Å²) in [5, 5.41) is 12.5. The van der Waals surface area contributed by atoms with Gasteiger partial charge in [0.15, 0.2) is 0 Å². The van der Waals surface area contributed by atoms with Crippen molar-refractivity contribution in [1.82, 2.24) is 0 Å². The molecule has 3 nitrogen and oxygen atoms in total. The van der Waals surface area contributed by atoms with Crippen molar-refractivity contribution < 1.29 is 4.21 Å². The van der Waals surface area contributed by atoms with Gasteiger partial charge in [0, 0.05) is 33.7 Å². The minimum atomic E-state index is -0.766. The average molecular weight is 282 g/mol. The fourth-order valence-electron chi connectivity index (χ4n) is 1.62. The Kier molecular flexibility index (Phi) is 6.23. The van der Waals surface area contributed by atoms with Crippen molar-refractivity contribution >= 4 is 28.2 Å². The maximum atomic E-state index is 11.1. The quantitative estimate of drug-likeness (QED) is 0.815. The molecule has 0 aromatic heterocycles. The first-order chi connectivity index (χ1) is 8.58. The van der Waals surface area contributed by atoms with Gasteiger partial charge in [-0.25, -0.2) is 0 Å².